The van der Waals surface area contributed by atoms with Crippen LogP contribution in [0.4, 0.5) is 0 Å². The molecule has 1 aromatic carbocycles. The molecule has 0 saturated heterocycles. The predicted octanol–water partition coefficient (Wildman–Crippen LogP) is 3.63. The van der Waals surface area contributed by atoms with Crippen LogP contribution in [0.5, 0.6) is 11.5 Å². The molecule has 0 bridgehead atoms. The van der Waals surface area contributed by atoms with Crippen LogP contribution in [0.3, 0.4) is 0 Å². The van der Waals surface area contributed by atoms with Gasteiger partial charge in [-0.2, -0.15) is 0 Å². The van der Waals surface area contributed by atoms with Crippen LogP contribution in [0, 0.1) is 0 Å². The van der Waals surface area contributed by atoms with Gasteiger partial charge in [-0.05, 0) is 51.3 Å². The number of fused-ring (bicyclic) bond motifs is 1. The highest BCUT2D eigenvalue weighted by Gasteiger charge is 2.43. The summed E-state index contributed by atoms with van der Waals surface area (Å²) in [5.41, 5.74) is 4.33. The molecule has 1 aliphatic carbocycles. The highest BCUT2D eigenvalue weighted by Crippen LogP contribution is 2.33. The molecule has 9 nitrogen and oxygen atoms in total. The molecule has 1 amide bonds. The fraction of sp³-hybridized carbons (Fsp3) is 0.370. The predicted molar refractivity (Wildman–Crippen MR) is 144 cm³/mol. The number of benzene rings is 1. The smallest absolute Gasteiger partial charge is 0.303 e. The van der Waals surface area contributed by atoms with E-state index >= 15 is 0 Å². The molecule has 37 heavy (non-hydrogen) atoms. The Balaban J connectivity index is 1.93. The van der Waals surface area contributed by atoms with Crippen molar-refractivity contribution in [1.82, 2.24) is 10.3 Å². The Labute approximate surface area is 220 Å². The molecule has 2 aromatic rings. The van der Waals surface area contributed by atoms with Crippen molar-refractivity contribution in [2.75, 3.05) is 6.54 Å². The number of ketones is 1. The van der Waals surface area contributed by atoms with Crippen LogP contribution in [-0.2, 0) is 9.59 Å². The largest absolute Gasteiger partial charge is 0.507 e. The summed E-state index contributed by atoms with van der Waals surface area (Å²) < 4.78 is 5.94. The van der Waals surface area contributed by atoms with Crippen molar-refractivity contribution in [3.8, 4) is 11.5 Å². The van der Waals surface area contributed by atoms with Crippen LogP contribution in [0.1, 0.15) is 56.9 Å². The van der Waals surface area contributed by atoms with Gasteiger partial charge in [0.05, 0.1) is 0 Å². The number of para-hydroxylation sites is 1. The number of nitrogens with one attached hydrogen (secondary N) is 1. The van der Waals surface area contributed by atoms with Gasteiger partial charge in [0.2, 0.25) is 11.7 Å². The van der Waals surface area contributed by atoms with Gasteiger partial charge in [0, 0.05) is 35.7 Å². The van der Waals surface area contributed by atoms with Crippen molar-refractivity contribution in [1.29, 1.82) is 0 Å². The number of ether oxygens (including phenoxy) is 1. The molecule has 0 radical (unpaired) electrons. The van der Waals surface area contributed by atoms with E-state index in [0.717, 1.165) is 16.5 Å². The number of carboxylic acids is 1. The summed E-state index contributed by atoms with van der Waals surface area (Å²) >= 11 is 5.33. The molecule has 0 fully saturated rings. The van der Waals surface area contributed by atoms with E-state index in [0.29, 0.717) is 24.0 Å². The summed E-state index contributed by atoms with van der Waals surface area (Å²) in [5.74, 6) is -2.88. The number of rotatable bonds is 10. The van der Waals surface area contributed by atoms with Crippen LogP contribution < -0.4 is 15.8 Å². The Morgan fingerprint density at radius 3 is 2.62 bits per heavy atom. The first-order valence-corrected chi connectivity index (χ1v) is 12.3. The molecule has 1 aromatic heterocycles. The SMILES string of the molecule is CC(C)(C)Oc1cccc2c(O)cc(C(=O)[C@](N)(CCC(=O)O)C(=O)NCCC3=CC=CCC3=S)nc12. The number of thiocarbonyl (C=S) groups is 1. The fourth-order valence-electron chi connectivity index (χ4n) is 3.87. The average Bonchev–Trinajstić information content (AvgIpc) is 2.82. The van der Waals surface area contributed by atoms with E-state index in [4.69, 9.17) is 22.7 Å². The molecule has 1 heterocycles. The standard InChI is InChI=1S/C27H31N3O6S/c1-26(2,3)36-20-9-6-8-17-19(31)15-18(30-23(17)20)24(34)27(28,13-11-22(32)33)25(35)29-14-12-16-7-4-5-10-21(16)37/h4-9,15H,10-14,28H2,1-3H3,(H,29,35)(H,30,31)(H,32,33)/t27-/m1/s1. The summed E-state index contributed by atoms with van der Waals surface area (Å²) in [4.78, 5) is 43.2. The highest BCUT2D eigenvalue weighted by atomic mass is 32.1. The summed E-state index contributed by atoms with van der Waals surface area (Å²) in [6, 6.07) is 6.08. The number of nitrogens with two attached hydrogens (primary N) is 1. The summed E-state index contributed by atoms with van der Waals surface area (Å²) in [6.45, 7) is 5.68. The van der Waals surface area contributed by atoms with Crippen molar-refractivity contribution >= 4 is 45.6 Å². The zero-order valence-electron chi connectivity index (χ0n) is 21.0. The normalized spacial score (nSPS) is 15.1. The Morgan fingerprint density at radius 2 is 1.97 bits per heavy atom. The van der Waals surface area contributed by atoms with Crippen LogP contribution in [0.25, 0.3) is 10.9 Å². The number of Topliss-reactive ketones (excluding diaryl/α,β-unsaturated/α-hetero) is 1. The highest BCUT2D eigenvalue weighted by molar-refractivity contribution is 7.80. The van der Waals surface area contributed by atoms with Gasteiger partial charge in [-0.15, -0.1) is 0 Å². The van der Waals surface area contributed by atoms with Crippen LogP contribution in [0.2, 0.25) is 0 Å². The van der Waals surface area contributed by atoms with Crippen LogP contribution >= 0.6 is 12.2 Å². The second-order valence-corrected chi connectivity index (χ2v) is 10.3. The Bertz CT molecular complexity index is 1310. The maximum Gasteiger partial charge on any atom is 0.303 e. The zero-order valence-corrected chi connectivity index (χ0v) is 21.9. The number of carboxylic acid groups (broad SMARTS) is 1. The second-order valence-electron chi connectivity index (χ2n) is 9.84. The summed E-state index contributed by atoms with van der Waals surface area (Å²) in [5, 5.41) is 22.9. The fourth-order valence-corrected chi connectivity index (χ4v) is 4.14. The number of aromatic hydroxyl groups is 1. The van der Waals surface area contributed by atoms with E-state index < -0.39 is 41.6 Å². The Morgan fingerprint density at radius 1 is 1.24 bits per heavy atom. The molecule has 0 aliphatic heterocycles. The van der Waals surface area contributed by atoms with Gasteiger partial charge >= 0.3 is 5.97 Å². The third-order valence-corrected chi connectivity index (χ3v) is 6.18. The maximum absolute atomic E-state index is 13.6. The molecule has 5 N–H and O–H groups in total. The zero-order chi connectivity index (χ0) is 27.4. The van der Waals surface area contributed by atoms with E-state index in [-0.39, 0.29) is 23.5 Å². The number of hydrogen-bond acceptors (Lipinski definition) is 8. The molecule has 196 valence electrons. The minimum Gasteiger partial charge on any atom is -0.507 e. The summed E-state index contributed by atoms with van der Waals surface area (Å²) in [7, 11) is 0. The van der Waals surface area contributed by atoms with Gasteiger partial charge in [-0.1, -0.05) is 36.5 Å². The molecule has 0 spiro atoms. The van der Waals surface area contributed by atoms with Crippen LogP contribution in [-0.4, -0.2) is 55.4 Å². The Hall–Kier alpha value is -3.63. The second kappa shape index (κ2) is 11.2. The Kier molecular flexibility index (Phi) is 8.45. The lowest BCUT2D eigenvalue weighted by atomic mass is 9.86. The number of amides is 1. The van der Waals surface area contributed by atoms with E-state index in [1.165, 1.54) is 0 Å². The molecule has 0 saturated carbocycles. The summed E-state index contributed by atoms with van der Waals surface area (Å²) in [6.07, 6.45) is 5.77. The topological polar surface area (TPSA) is 152 Å². The van der Waals surface area contributed by atoms with Crippen molar-refractivity contribution in [3.63, 3.8) is 0 Å². The number of hydrogen-bond donors (Lipinski definition) is 4. The van der Waals surface area contributed by atoms with Gasteiger partial charge < -0.3 is 26.0 Å². The van der Waals surface area contributed by atoms with Crippen LogP contribution in [0.15, 0.2) is 48.1 Å². The van der Waals surface area contributed by atoms with Crippen molar-refractivity contribution in [3.05, 3.63) is 53.8 Å². The minimum atomic E-state index is -2.23. The molecule has 0 unspecified atom stereocenters. The molecular weight excluding hydrogens is 494 g/mol. The third-order valence-electron chi connectivity index (χ3n) is 5.75. The number of aromatic nitrogens is 1. The number of allylic oxidation sites excluding steroid dienone is 3. The number of nitrogens with zero attached hydrogens (tertiary/aromatic N) is 1. The number of carbonyl (C=O) groups is 3. The van der Waals surface area contributed by atoms with E-state index in [2.05, 4.69) is 10.3 Å². The van der Waals surface area contributed by atoms with Crippen molar-refractivity contribution < 1.29 is 29.3 Å². The molecule has 1 atom stereocenters. The van der Waals surface area contributed by atoms with Gasteiger partial charge in [-0.25, -0.2) is 4.98 Å². The first-order valence-electron chi connectivity index (χ1n) is 11.9. The van der Waals surface area contributed by atoms with E-state index in [1.807, 2.05) is 39.0 Å². The van der Waals surface area contributed by atoms with Gasteiger partial charge in [-0.3, -0.25) is 14.4 Å². The van der Waals surface area contributed by atoms with Gasteiger partial charge in [0.25, 0.3) is 0 Å². The first kappa shape index (κ1) is 27.9. The van der Waals surface area contributed by atoms with Gasteiger partial charge in [0.1, 0.15) is 28.3 Å². The van der Waals surface area contributed by atoms with E-state index in [1.54, 1.807) is 18.2 Å². The maximum atomic E-state index is 13.6. The molecule has 10 heteroatoms. The van der Waals surface area contributed by atoms with E-state index in [9.17, 15) is 24.6 Å². The lowest BCUT2D eigenvalue weighted by Gasteiger charge is -2.27. The van der Waals surface area contributed by atoms with Crippen molar-refractivity contribution in [2.24, 2.45) is 5.73 Å². The van der Waals surface area contributed by atoms with Gasteiger partial charge in [0.15, 0.2) is 5.54 Å². The monoisotopic (exact) mass is 525 g/mol. The number of aliphatic carboxylic acids is 1. The lowest BCUT2D eigenvalue weighted by Crippen LogP contribution is -2.60. The first-order chi connectivity index (χ1) is 17.3. The molecular formula is C27H31N3O6S. The number of pyridine rings is 1. The molecule has 1 aliphatic rings. The molecule has 3 rings (SSSR count). The number of carbonyl (C=O) groups excluding carboxylic acids is 2. The van der Waals surface area contributed by atoms with Crippen molar-refractivity contribution in [2.45, 2.75) is 57.6 Å². The third kappa shape index (κ3) is 6.78. The average molecular weight is 526 g/mol. The lowest BCUT2D eigenvalue weighted by molar-refractivity contribution is -0.137. The minimum absolute atomic E-state index is 0.151. The quantitative estimate of drug-likeness (QED) is 0.207.